The van der Waals surface area contributed by atoms with Gasteiger partial charge in [-0.25, -0.2) is 0 Å². The summed E-state index contributed by atoms with van der Waals surface area (Å²) in [7, 11) is -8.17. The molecule has 0 amide bonds. The van der Waals surface area contributed by atoms with Gasteiger partial charge in [-0.05, 0) is 73.8 Å². The second kappa shape index (κ2) is 8.96. The van der Waals surface area contributed by atoms with Gasteiger partial charge in [-0.2, -0.15) is 16.8 Å². The Kier molecular flexibility index (Phi) is 6.87. The third-order valence-corrected chi connectivity index (χ3v) is 10.7. The maximum atomic E-state index is 13.1. The van der Waals surface area contributed by atoms with Crippen molar-refractivity contribution in [2.75, 3.05) is 12.5 Å². The first-order valence-electron chi connectivity index (χ1n) is 12.6. The lowest BCUT2D eigenvalue weighted by molar-refractivity contribution is -0.194. The first-order valence-corrected chi connectivity index (χ1v) is 16.2. The summed E-state index contributed by atoms with van der Waals surface area (Å²) >= 11 is 0. The highest BCUT2D eigenvalue weighted by Gasteiger charge is 2.71. The third kappa shape index (κ3) is 4.61. The van der Waals surface area contributed by atoms with Gasteiger partial charge >= 0.3 is 5.97 Å². The molecule has 0 unspecified atom stereocenters. The molecule has 0 aliphatic heterocycles. The van der Waals surface area contributed by atoms with Crippen molar-refractivity contribution in [2.24, 2.45) is 28.6 Å². The molecule has 37 heavy (non-hydrogen) atoms. The molecule has 4 aliphatic rings. The van der Waals surface area contributed by atoms with Crippen LogP contribution in [0.1, 0.15) is 66.2 Å². The van der Waals surface area contributed by atoms with E-state index in [2.05, 4.69) is 0 Å². The van der Waals surface area contributed by atoms with E-state index in [0.717, 1.165) is 12.5 Å². The number of hydrogen-bond acceptors (Lipinski definition) is 10. The average Bonchev–Trinajstić information content (AvgIpc) is 3.02. The van der Waals surface area contributed by atoms with Crippen molar-refractivity contribution in [3.8, 4) is 0 Å². The monoisotopic (exact) mass is 560 g/mol. The van der Waals surface area contributed by atoms with Crippen LogP contribution in [0.4, 0.5) is 0 Å². The van der Waals surface area contributed by atoms with Gasteiger partial charge in [0.05, 0.1) is 12.5 Å². The minimum atomic E-state index is -4.09. The Bertz CT molecular complexity index is 1270. The molecule has 3 fully saturated rings. The lowest BCUT2D eigenvalue weighted by Crippen LogP contribution is -2.64. The van der Waals surface area contributed by atoms with Gasteiger partial charge in [-0.15, -0.1) is 0 Å². The zero-order valence-corrected chi connectivity index (χ0v) is 23.7. The molecule has 12 heteroatoms. The van der Waals surface area contributed by atoms with Gasteiger partial charge in [-0.3, -0.25) is 22.7 Å². The van der Waals surface area contributed by atoms with E-state index in [-0.39, 0.29) is 36.2 Å². The molecule has 8 atom stereocenters. The van der Waals surface area contributed by atoms with E-state index in [1.54, 1.807) is 0 Å². The maximum absolute atomic E-state index is 13.1. The van der Waals surface area contributed by atoms with Gasteiger partial charge < -0.3 is 4.74 Å². The lowest BCUT2D eigenvalue weighted by atomic mass is 9.45. The predicted molar refractivity (Wildman–Crippen MR) is 132 cm³/mol. The largest absolute Gasteiger partial charge is 0.451 e. The summed E-state index contributed by atoms with van der Waals surface area (Å²) in [5.41, 5.74) is -2.42. The highest BCUT2D eigenvalue weighted by atomic mass is 32.2. The summed E-state index contributed by atoms with van der Waals surface area (Å²) in [4.78, 5) is 37.7. The Labute approximate surface area is 218 Å². The Hall–Kier alpha value is -1.63. The summed E-state index contributed by atoms with van der Waals surface area (Å²) in [6, 6.07) is 0. The van der Waals surface area contributed by atoms with E-state index in [1.807, 2.05) is 13.8 Å². The molecule has 0 N–H and O–H groups in total. The zero-order valence-electron chi connectivity index (χ0n) is 22.1. The predicted octanol–water partition coefficient (Wildman–Crippen LogP) is 2.32. The van der Waals surface area contributed by atoms with Crippen LogP contribution in [0.15, 0.2) is 11.6 Å². The van der Waals surface area contributed by atoms with Gasteiger partial charge in [0.2, 0.25) is 0 Å². The molecule has 3 saturated carbocycles. The summed E-state index contributed by atoms with van der Waals surface area (Å²) in [6.45, 7) is 6.53. The number of Topliss-reactive ketones (excluding diaryl/α,β-unsaturated/α-hetero) is 1. The quantitative estimate of drug-likeness (QED) is 0.350. The van der Waals surface area contributed by atoms with Crippen LogP contribution in [-0.2, 0) is 47.7 Å². The molecule has 4 rings (SSSR count). The standard InChI is InChI=1S/C25H36O10S2/c1-14(26)25(33-15(2)27)12-9-18-20-17(8-11-24(18,25)4)23(3)10-7-16(28)13-19(23)21(34-36(5,29)30)22(20)35-37(6,31)32/h13,17-18,20-22H,7-12H2,1-6H3/t17-,18-,20+,21-,22+,23+,24-,25-/m0/s1. The van der Waals surface area contributed by atoms with E-state index in [0.29, 0.717) is 31.3 Å². The van der Waals surface area contributed by atoms with E-state index in [9.17, 15) is 31.2 Å². The Morgan fingerprint density at radius 1 is 0.919 bits per heavy atom. The minimum Gasteiger partial charge on any atom is -0.451 e. The van der Waals surface area contributed by atoms with Crippen LogP contribution in [0.5, 0.6) is 0 Å². The Morgan fingerprint density at radius 2 is 1.51 bits per heavy atom. The molecule has 0 aromatic heterocycles. The van der Waals surface area contributed by atoms with Crippen molar-refractivity contribution in [2.45, 2.75) is 84.0 Å². The van der Waals surface area contributed by atoms with Gasteiger partial charge in [0.1, 0.15) is 12.2 Å². The van der Waals surface area contributed by atoms with Crippen molar-refractivity contribution in [1.82, 2.24) is 0 Å². The summed E-state index contributed by atoms with van der Waals surface area (Å²) < 4.78 is 66.7. The lowest BCUT2D eigenvalue weighted by Gasteiger charge is -2.62. The topological polar surface area (TPSA) is 147 Å². The van der Waals surface area contributed by atoms with E-state index in [1.165, 1.54) is 19.9 Å². The van der Waals surface area contributed by atoms with E-state index < -0.39 is 60.8 Å². The number of ketones is 2. The van der Waals surface area contributed by atoms with Crippen LogP contribution >= 0.6 is 0 Å². The fraction of sp³-hybridized carbons (Fsp3) is 0.800. The Balaban J connectivity index is 1.93. The van der Waals surface area contributed by atoms with E-state index >= 15 is 0 Å². The van der Waals surface area contributed by atoms with Crippen LogP contribution < -0.4 is 0 Å². The van der Waals surface area contributed by atoms with Crippen molar-refractivity contribution in [1.29, 1.82) is 0 Å². The molecule has 0 bridgehead atoms. The van der Waals surface area contributed by atoms with Gasteiger partial charge in [0.15, 0.2) is 17.2 Å². The number of ether oxygens (including phenoxy) is 1. The van der Waals surface area contributed by atoms with Crippen molar-refractivity contribution in [3.63, 3.8) is 0 Å². The molecule has 4 aliphatic carbocycles. The second-order valence-electron chi connectivity index (χ2n) is 11.7. The molecule has 208 valence electrons. The average molecular weight is 561 g/mol. The van der Waals surface area contributed by atoms with E-state index in [4.69, 9.17) is 13.1 Å². The number of carbonyl (C=O) groups is 3. The molecule has 0 spiro atoms. The van der Waals surface area contributed by atoms with Crippen molar-refractivity contribution >= 4 is 37.8 Å². The van der Waals surface area contributed by atoms with Crippen LogP contribution in [0.2, 0.25) is 0 Å². The molecular formula is C25H36O10S2. The number of carbonyl (C=O) groups excluding carboxylic acids is 3. The molecule has 0 heterocycles. The van der Waals surface area contributed by atoms with Gasteiger partial charge in [0.25, 0.3) is 20.2 Å². The highest BCUT2D eigenvalue weighted by molar-refractivity contribution is 7.86. The fourth-order valence-corrected chi connectivity index (χ4v) is 9.42. The van der Waals surface area contributed by atoms with Crippen LogP contribution in [0.3, 0.4) is 0 Å². The molecule has 0 aromatic rings. The van der Waals surface area contributed by atoms with Crippen molar-refractivity contribution in [3.05, 3.63) is 11.6 Å². The molecule has 0 radical (unpaired) electrons. The maximum Gasteiger partial charge on any atom is 0.303 e. The van der Waals surface area contributed by atoms with Crippen LogP contribution in [-0.4, -0.2) is 64.7 Å². The number of esters is 1. The third-order valence-electron chi connectivity index (χ3n) is 9.57. The minimum absolute atomic E-state index is 0.170. The number of hydrogen-bond donors (Lipinski definition) is 0. The fourth-order valence-electron chi connectivity index (χ4n) is 8.19. The first-order chi connectivity index (χ1) is 16.8. The van der Waals surface area contributed by atoms with Crippen molar-refractivity contribution < 1.29 is 44.3 Å². The Morgan fingerprint density at radius 3 is 2.05 bits per heavy atom. The normalized spacial score (nSPS) is 41.7. The molecular weight excluding hydrogens is 524 g/mol. The molecule has 0 aromatic carbocycles. The summed E-state index contributed by atoms with van der Waals surface area (Å²) in [6.07, 6.45) is 3.13. The van der Waals surface area contributed by atoms with Crippen LogP contribution in [0.25, 0.3) is 0 Å². The highest BCUT2D eigenvalue weighted by Crippen LogP contribution is 2.69. The smallest absolute Gasteiger partial charge is 0.303 e. The summed E-state index contributed by atoms with van der Waals surface area (Å²) in [5.74, 6) is -2.07. The molecule has 10 nitrogen and oxygen atoms in total. The second-order valence-corrected chi connectivity index (χ2v) is 14.9. The molecule has 0 saturated heterocycles. The van der Waals surface area contributed by atoms with Gasteiger partial charge in [0, 0.05) is 18.8 Å². The summed E-state index contributed by atoms with van der Waals surface area (Å²) in [5, 5.41) is 0. The number of rotatable bonds is 6. The first kappa shape index (κ1) is 28.4. The van der Waals surface area contributed by atoms with Crippen LogP contribution in [0, 0.1) is 28.6 Å². The van der Waals surface area contributed by atoms with Gasteiger partial charge in [-0.1, -0.05) is 13.8 Å². The SMILES string of the molecule is CC(=O)O[C@]1(C(C)=O)CC[C@H]2[C@@H]3[C@@H](OS(C)(=O)=O)[C@@H](OS(C)(=O)=O)C4=CC(=O)CC[C@]4(C)[C@H]3CC[C@@]21C. The number of fused-ring (bicyclic) bond motifs is 5. The zero-order chi connectivity index (χ0) is 27.8.